The number of rotatable bonds is 4. The van der Waals surface area contributed by atoms with Crippen molar-refractivity contribution in [2.24, 2.45) is 0 Å². The minimum Gasteiger partial charge on any atom is -0.478 e. The first-order chi connectivity index (χ1) is 15.6. The lowest BCUT2D eigenvalue weighted by Gasteiger charge is -2.00. The Bertz CT molecular complexity index is 1390. The van der Waals surface area contributed by atoms with Gasteiger partial charge in [0, 0.05) is 58.2 Å². The zero-order chi connectivity index (χ0) is 24.5. The van der Waals surface area contributed by atoms with Gasteiger partial charge in [0.1, 0.15) is 5.52 Å². The van der Waals surface area contributed by atoms with Gasteiger partial charge in [-0.1, -0.05) is 12.1 Å². The quantitative estimate of drug-likeness (QED) is 0.221. The van der Waals surface area contributed by atoms with Gasteiger partial charge in [0.2, 0.25) is 0 Å². The van der Waals surface area contributed by atoms with Crippen LogP contribution in [0.3, 0.4) is 0 Å². The molecule has 0 fully saturated rings. The molecule has 5 N–H and O–H groups in total. The second kappa shape index (κ2) is 10.8. The van der Waals surface area contributed by atoms with E-state index in [9.17, 15) is 24.0 Å². The van der Waals surface area contributed by atoms with Gasteiger partial charge in [-0.3, -0.25) is 4.79 Å². The first kappa shape index (κ1) is 24.1. The van der Waals surface area contributed by atoms with Gasteiger partial charge in [0.15, 0.2) is 5.43 Å². The summed E-state index contributed by atoms with van der Waals surface area (Å²) in [5.41, 5.74) is 1.62. The summed E-state index contributed by atoms with van der Waals surface area (Å²) < 4.78 is 0. The molecule has 0 aliphatic heterocycles. The van der Waals surface area contributed by atoms with E-state index in [0.29, 0.717) is 35.1 Å². The first-order valence-corrected chi connectivity index (χ1v) is 8.87. The predicted octanol–water partition coefficient (Wildman–Crippen LogP) is 1.49. The fraction of sp³-hybridized carbons (Fsp3) is 0. The second-order valence-corrected chi connectivity index (χ2v) is 6.07. The van der Waals surface area contributed by atoms with Gasteiger partial charge in [-0.05, 0) is 12.1 Å². The van der Waals surface area contributed by atoms with Crippen LogP contribution in [-0.2, 0) is 19.2 Å². The number of aliphatic carboxylic acids is 4. The molecule has 4 rings (SSSR count). The molecular weight excluding hydrogens is 438 g/mol. The van der Waals surface area contributed by atoms with Crippen molar-refractivity contribution in [3.8, 4) is 0 Å². The van der Waals surface area contributed by atoms with Crippen LogP contribution in [0.4, 0.5) is 0 Å². The molecule has 0 spiro atoms. The average molecular weight is 453 g/mol. The molecule has 33 heavy (non-hydrogen) atoms. The number of fused-ring (bicyclic) bond motifs is 2. The summed E-state index contributed by atoms with van der Waals surface area (Å²) in [4.78, 5) is 53.5. The molecule has 4 aromatic rings. The number of nitrogens with zero attached hydrogens (tertiary/aromatic N) is 2. The van der Waals surface area contributed by atoms with Crippen LogP contribution in [0.25, 0.3) is 32.6 Å². The molecule has 0 amide bonds. The van der Waals surface area contributed by atoms with Crippen LogP contribution in [0.5, 0.6) is 0 Å². The van der Waals surface area contributed by atoms with Crippen molar-refractivity contribution in [3.63, 3.8) is 0 Å². The molecule has 12 heteroatoms. The third-order valence-electron chi connectivity index (χ3n) is 3.88. The highest BCUT2D eigenvalue weighted by atomic mass is 16.4. The molecule has 0 saturated heterocycles. The summed E-state index contributed by atoms with van der Waals surface area (Å²) in [7, 11) is 0. The zero-order valence-electron chi connectivity index (χ0n) is 16.5. The summed E-state index contributed by atoms with van der Waals surface area (Å²) in [5.74, 6) is -5.03. The van der Waals surface area contributed by atoms with Gasteiger partial charge >= 0.3 is 23.9 Å². The van der Waals surface area contributed by atoms with Gasteiger partial charge < -0.3 is 25.4 Å². The average Bonchev–Trinajstić information content (AvgIpc) is 3.21. The van der Waals surface area contributed by atoms with E-state index in [-0.39, 0.29) is 5.43 Å². The summed E-state index contributed by atoms with van der Waals surface area (Å²) in [6.07, 6.45) is 5.74. The van der Waals surface area contributed by atoms with E-state index in [1.807, 2.05) is 24.3 Å². The van der Waals surface area contributed by atoms with Crippen LogP contribution < -0.4 is 5.43 Å². The highest BCUT2D eigenvalue weighted by molar-refractivity contribution is 6.18. The lowest BCUT2D eigenvalue weighted by molar-refractivity contribution is -0.134. The number of hydrogen-bond donors (Lipinski definition) is 5. The van der Waals surface area contributed by atoms with Crippen molar-refractivity contribution >= 4 is 56.5 Å². The van der Waals surface area contributed by atoms with Crippen molar-refractivity contribution in [1.29, 1.82) is 0 Å². The molecule has 0 radical (unpaired) electrons. The maximum atomic E-state index is 12.3. The summed E-state index contributed by atoms with van der Waals surface area (Å²) in [6, 6.07) is 7.41. The van der Waals surface area contributed by atoms with Gasteiger partial charge in [0.25, 0.3) is 0 Å². The van der Waals surface area contributed by atoms with Gasteiger partial charge in [-0.2, -0.15) is 0 Å². The highest BCUT2D eigenvalue weighted by Crippen LogP contribution is 2.27. The first-order valence-electron chi connectivity index (χ1n) is 8.87. The van der Waals surface area contributed by atoms with Crippen LogP contribution in [0, 0.1) is 0 Å². The van der Waals surface area contributed by atoms with E-state index in [2.05, 4.69) is 15.2 Å². The molecule has 0 unspecified atom stereocenters. The van der Waals surface area contributed by atoms with E-state index < -0.39 is 23.9 Å². The van der Waals surface area contributed by atoms with E-state index in [1.54, 1.807) is 12.4 Å². The number of carboxylic acid groups (broad SMARTS) is 4. The standard InChI is InChI=1S/C13H7N3O.2C4H4O4/c17-13-8-2-1-3-10-11(8)12(16-15-10)7-4-5-14-6-9(7)13;2*5-3(6)1-2-4(7)8/h1-6,14H;2*1-2H,(H,5,6)(H,7,8)/b;2*2-1-. The number of H-pyrrole nitrogens is 1. The fourth-order valence-electron chi connectivity index (χ4n) is 2.66. The second-order valence-electron chi connectivity index (χ2n) is 6.07. The Balaban J connectivity index is 0.000000205. The monoisotopic (exact) mass is 453 g/mol. The molecule has 0 aliphatic carbocycles. The van der Waals surface area contributed by atoms with Gasteiger partial charge in [-0.15, -0.1) is 10.2 Å². The molecule has 0 saturated carbocycles. The summed E-state index contributed by atoms with van der Waals surface area (Å²) in [5, 5.41) is 42.6. The Kier molecular flexibility index (Phi) is 7.88. The van der Waals surface area contributed by atoms with E-state index in [4.69, 9.17) is 20.4 Å². The molecule has 2 aromatic carbocycles. The number of carboxylic acids is 4. The Morgan fingerprint density at radius 1 is 0.727 bits per heavy atom. The topological polar surface area (TPSA) is 208 Å². The molecule has 168 valence electrons. The normalized spacial score (nSPS) is 10.7. The molecular formula is C21H15N3O9. The maximum Gasteiger partial charge on any atom is 0.328 e. The van der Waals surface area contributed by atoms with Crippen LogP contribution in [0.2, 0.25) is 0 Å². The fourth-order valence-corrected chi connectivity index (χ4v) is 2.66. The summed E-state index contributed by atoms with van der Waals surface area (Å²) in [6.45, 7) is 0. The summed E-state index contributed by atoms with van der Waals surface area (Å²) >= 11 is 0. The van der Waals surface area contributed by atoms with Crippen LogP contribution >= 0.6 is 0 Å². The predicted molar refractivity (Wildman–Crippen MR) is 115 cm³/mol. The number of benzene rings is 2. The van der Waals surface area contributed by atoms with E-state index in [0.717, 1.165) is 21.8 Å². The van der Waals surface area contributed by atoms with Gasteiger partial charge in [-0.25, -0.2) is 19.2 Å². The number of aromatic amines is 1. The van der Waals surface area contributed by atoms with Crippen LogP contribution in [0.15, 0.2) is 65.8 Å². The van der Waals surface area contributed by atoms with Crippen molar-refractivity contribution in [3.05, 3.63) is 71.2 Å². The number of hydrogen-bond acceptors (Lipinski definition) is 7. The van der Waals surface area contributed by atoms with Crippen molar-refractivity contribution in [2.75, 3.05) is 0 Å². The maximum absolute atomic E-state index is 12.3. The number of nitrogens with one attached hydrogen (secondary N) is 1. The Morgan fingerprint density at radius 3 is 1.79 bits per heavy atom. The smallest absolute Gasteiger partial charge is 0.328 e. The molecule has 2 heterocycles. The number of aromatic nitrogens is 3. The lowest BCUT2D eigenvalue weighted by Crippen LogP contribution is -2.02. The zero-order valence-corrected chi connectivity index (χ0v) is 16.5. The third-order valence-corrected chi connectivity index (χ3v) is 3.88. The molecule has 2 aromatic heterocycles. The van der Waals surface area contributed by atoms with Crippen molar-refractivity contribution in [1.82, 2.24) is 15.2 Å². The number of pyridine rings is 1. The highest BCUT2D eigenvalue weighted by Gasteiger charge is 2.13. The molecule has 0 bridgehead atoms. The minimum absolute atomic E-state index is 0.0322. The lowest BCUT2D eigenvalue weighted by atomic mass is 10.0. The van der Waals surface area contributed by atoms with E-state index >= 15 is 0 Å². The Morgan fingerprint density at radius 2 is 1.27 bits per heavy atom. The SMILES string of the molecule is O=C(O)/C=C\C(=O)O.O=C(O)/C=C\C(=O)O.O=c1c2c[nH]ccc2c2nnc3cccc1c32. The Hall–Kier alpha value is -5.13. The Labute approximate surface area is 183 Å². The van der Waals surface area contributed by atoms with Crippen LogP contribution in [-0.4, -0.2) is 59.5 Å². The van der Waals surface area contributed by atoms with Crippen molar-refractivity contribution < 1.29 is 39.6 Å². The number of carbonyl (C=O) groups is 4. The van der Waals surface area contributed by atoms with Crippen molar-refractivity contribution in [2.45, 2.75) is 0 Å². The van der Waals surface area contributed by atoms with E-state index in [1.165, 1.54) is 0 Å². The third kappa shape index (κ3) is 6.42. The molecule has 12 nitrogen and oxygen atoms in total. The largest absolute Gasteiger partial charge is 0.478 e. The molecule has 0 atom stereocenters. The van der Waals surface area contributed by atoms with Crippen LogP contribution in [0.1, 0.15) is 0 Å². The van der Waals surface area contributed by atoms with Gasteiger partial charge in [0.05, 0.1) is 5.52 Å². The minimum atomic E-state index is -1.26. The molecule has 0 aliphatic rings.